The van der Waals surface area contributed by atoms with Gasteiger partial charge in [0, 0.05) is 6.04 Å². The van der Waals surface area contributed by atoms with Gasteiger partial charge in [0.15, 0.2) is 0 Å². The lowest BCUT2D eigenvalue weighted by atomic mass is 10.3. The van der Waals surface area contributed by atoms with Crippen molar-refractivity contribution in [1.82, 2.24) is 10.0 Å². The van der Waals surface area contributed by atoms with Crippen molar-refractivity contribution >= 4 is 16.1 Å². The molecule has 0 aromatic heterocycles. The number of urea groups is 1. The third kappa shape index (κ3) is 3.95. The number of rotatable bonds is 2. The van der Waals surface area contributed by atoms with Crippen molar-refractivity contribution in [2.75, 3.05) is 0 Å². The van der Waals surface area contributed by atoms with Crippen molar-refractivity contribution in [3.63, 3.8) is 0 Å². The second kappa shape index (κ2) is 4.16. The SMILES string of the molecule is CC(C)NC(=O)NS(=O)(=O)C(C)(C)C. The molecule has 0 aromatic carbocycles. The summed E-state index contributed by atoms with van der Waals surface area (Å²) in [7, 11) is -3.60. The molecule has 2 amide bonds. The highest BCUT2D eigenvalue weighted by Gasteiger charge is 2.30. The number of carbonyl (C=O) groups excluding carboxylic acids is 1. The highest BCUT2D eigenvalue weighted by atomic mass is 32.2. The van der Waals surface area contributed by atoms with Crippen molar-refractivity contribution in [2.24, 2.45) is 0 Å². The Bertz CT molecular complexity index is 301. The first-order valence-electron chi connectivity index (χ1n) is 4.39. The maximum absolute atomic E-state index is 11.5. The van der Waals surface area contributed by atoms with E-state index in [2.05, 4.69) is 5.32 Å². The van der Waals surface area contributed by atoms with Crippen molar-refractivity contribution in [2.45, 2.75) is 45.4 Å². The van der Waals surface area contributed by atoms with Crippen molar-refractivity contribution < 1.29 is 13.2 Å². The molecule has 0 heterocycles. The van der Waals surface area contributed by atoms with E-state index in [9.17, 15) is 13.2 Å². The second-order valence-corrected chi connectivity index (χ2v) is 6.78. The minimum Gasteiger partial charge on any atom is -0.335 e. The Balaban J connectivity index is 4.48. The van der Waals surface area contributed by atoms with Gasteiger partial charge in [-0.25, -0.2) is 17.9 Å². The van der Waals surface area contributed by atoms with Crippen molar-refractivity contribution in [1.29, 1.82) is 0 Å². The summed E-state index contributed by atoms with van der Waals surface area (Å²) in [4.78, 5) is 11.1. The molecule has 0 fully saturated rings. The first-order valence-corrected chi connectivity index (χ1v) is 5.87. The lowest BCUT2D eigenvalue weighted by Gasteiger charge is -2.20. The molecule has 6 heteroatoms. The van der Waals surface area contributed by atoms with Gasteiger partial charge in [-0.1, -0.05) is 0 Å². The molecule has 0 aromatic rings. The summed E-state index contributed by atoms with van der Waals surface area (Å²) in [5.74, 6) is 0. The first kappa shape index (κ1) is 13.2. The molecule has 0 saturated heterocycles. The molecule has 0 bridgehead atoms. The summed E-state index contributed by atoms with van der Waals surface area (Å²) >= 11 is 0. The quantitative estimate of drug-likeness (QED) is 0.726. The van der Waals surface area contributed by atoms with Crippen molar-refractivity contribution in [3.8, 4) is 0 Å². The van der Waals surface area contributed by atoms with Crippen LogP contribution >= 0.6 is 0 Å². The number of hydrogen-bond donors (Lipinski definition) is 2. The minimum absolute atomic E-state index is 0.0924. The van der Waals surface area contributed by atoms with E-state index in [1.54, 1.807) is 13.8 Å². The van der Waals surface area contributed by atoms with Gasteiger partial charge in [-0.15, -0.1) is 0 Å². The number of sulfonamides is 1. The highest BCUT2D eigenvalue weighted by molar-refractivity contribution is 7.91. The second-order valence-electron chi connectivity index (χ2n) is 4.35. The fourth-order valence-electron chi connectivity index (χ4n) is 0.567. The molecule has 0 unspecified atom stereocenters. The molecule has 0 spiro atoms. The Labute approximate surface area is 85.3 Å². The molecule has 0 aliphatic rings. The first-order chi connectivity index (χ1) is 6.06. The van der Waals surface area contributed by atoms with E-state index in [-0.39, 0.29) is 6.04 Å². The van der Waals surface area contributed by atoms with Gasteiger partial charge in [0.05, 0.1) is 4.75 Å². The van der Waals surface area contributed by atoms with E-state index in [4.69, 9.17) is 0 Å². The maximum atomic E-state index is 11.5. The third-order valence-corrected chi connectivity index (χ3v) is 3.52. The number of hydrogen-bond acceptors (Lipinski definition) is 3. The average Bonchev–Trinajstić information content (AvgIpc) is 1.79. The molecule has 14 heavy (non-hydrogen) atoms. The predicted molar refractivity (Wildman–Crippen MR) is 55.5 cm³/mol. The highest BCUT2D eigenvalue weighted by Crippen LogP contribution is 2.12. The zero-order valence-electron chi connectivity index (χ0n) is 9.21. The van der Waals surface area contributed by atoms with E-state index in [0.717, 1.165) is 0 Å². The molecule has 0 radical (unpaired) electrons. The fraction of sp³-hybridized carbons (Fsp3) is 0.875. The summed E-state index contributed by atoms with van der Waals surface area (Å²) in [6, 6.07) is -0.778. The molecule has 2 N–H and O–H groups in total. The minimum atomic E-state index is -3.60. The maximum Gasteiger partial charge on any atom is 0.328 e. The van der Waals surface area contributed by atoms with E-state index >= 15 is 0 Å². The van der Waals surface area contributed by atoms with Gasteiger partial charge in [0.2, 0.25) is 10.0 Å². The van der Waals surface area contributed by atoms with Crippen LogP contribution in [0.5, 0.6) is 0 Å². The van der Waals surface area contributed by atoms with Crippen LogP contribution in [0.2, 0.25) is 0 Å². The molecular weight excluding hydrogens is 204 g/mol. The summed E-state index contributed by atoms with van der Waals surface area (Å²) in [6.07, 6.45) is 0. The van der Waals surface area contributed by atoms with Gasteiger partial charge in [0.25, 0.3) is 0 Å². The zero-order chi connectivity index (χ0) is 11.6. The smallest absolute Gasteiger partial charge is 0.328 e. The van der Waals surface area contributed by atoms with Gasteiger partial charge >= 0.3 is 6.03 Å². The van der Waals surface area contributed by atoms with E-state index in [0.29, 0.717) is 0 Å². The van der Waals surface area contributed by atoms with E-state index < -0.39 is 20.8 Å². The van der Waals surface area contributed by atoms with Crippen LogP contribution in [0.15, 0.2) is 0 Å². The Kier molecular flexibility index (Phi) is 3.93. The Morgan fingerprint density at radius 3 is 1.93 bits per heavy atom. The van der Waals surface area contributed by atoms with Gasteiger partial charge < -0.3 is 5.32 Å². The number of carbonyl (C=O) groups is 1. The van der Waals surface area contributed by atoms with Crippen LogP contribution in [0, 0.1) is 0 Å². The monoisotopic (exact) mass is 222 g/mol. The number of nitrogens with one attached hydrogen (secondary N) is 2. The molecule has 0 saturated carbocycles. The molecule has 0 atom stereocenters. The van der Waals surface area contributed by atoms with Crippen LogP contribution in [0.1, 0.15) is 34.6 Å². The van der Waals surface area contributed by atoms with Crippen LogP contribution in [-0.4, -0.2) is 25.2 Å². The van der Waals surface area contributed by atoms with Crippen LogP contribution in [0.4, 0.5) is 4.79 Å². The van der Waals surface area contributed by atoms with Gasteiger partial charge in [0.1, 0.15) is 0 Å². The third-order valence-electron chi connectivity index (χ3n) is 1.45. The Morgan fingerprint density at radius 2 is 1.64 bits per heavy atom. The Morgan fingerprint density at radius 1 is 1.21 bits per heavy atom. The van der Waals surface area contributed by atoms with E-state index in [1.807, 2.05) is 4.72 Å². The largest absolute Gasteiger partial charge is 0.335 e. The van der Waals surface area contributed by atoms with Gasteiger partial charge in [-0.05, 0) is 34.6 Å². The molecule has 0 aliphatic heterocycles. The zero-order valence-corrected chi connectivity index (χ0v) is 10.0. The summed E-state index contributed by atoms with van der Waals surface area (Å²) in [5, 5.41) is 2.44. The molecular formula is C8H18N2O3S. The standard InChI is InChI=1S/C8H18N2O3S/c1-6(2)9-7(11)10-14(12,13)8(3,4)5/h6H,1-5H3,(H2,9,10,11). The lowest BCUT2D eigenvalue weighted by Crippen LogP contribution is -2.48. The number of amides is 2. The van der Waals surface area contributed by atoms with Crippen molar-refractivity contribution in [3.05, 3.63) is 0 Å². The molecule has 84 valence electrons. The summed E-state index contributed by atoms with van der Waals surface area (Å²) < 4.78 is 23.9. The normalized spacial score (nSPS) is 12.7. The predicted octanol–water partition coefficient (Wildman–Crippen LogP) is 0.822. The Hall–Kier alpha value is -0.780. The summed E-state index contributed by atoms with van der Waals surface area (Å²) in [5.41, 5.74) is 0. The van der Waals surface area contributed by atoms with Crippen LogP contribution in [-0.2, 0) is 10.0 Å². The fourth-order valence-corrected chi connectivity index (χ4v) is 1.18. The van der Waals surface area contributed by atoms with E-state index in [1.165, 1.54) is 20.8 Å². The van der Waals surface area contributed by atoms with Gasteiger partial charge in [-0.2, -0.15) is 0 Å². The van der Waals surface area contributed by atoms with Crippen LogP contribution in [0.3, 0.4) is 0 Å². The van der Waals surface area contributed by atoms with Crippen LogP contribution in [0.25, 0.3) is 0 Å². The molecule has 0 aliphatic carbocycles. The molecule has 0 rings (SSSR count). The van der Waals surface area contributed by atoms with Gasteiger partial charge in [-0.3, -0.25) is 0 Å². The van der Waals surface area contributed by atoms with Crippen LogP contribution < -0.4 is 10.0 Å². The lowest BCUT2D eigenvalue weighted by molar-refractivity contribution is 0.243. The topological polar surface area (TPSA) is 75.3 Å². The summed E-state index contributed by atoms with van der Waals surface area (Å²) in [6.45, 7) is 8.08. The average molecular weight is 222 g/mol. The molecule has 5 nitrogen and oxygen atoms in total.